The molecule has 0 aliphatic carbocycles. The molecular weight excluding hydrogens is 476 g/mol. The van der Waals surface area contributed by atoms with E-state index >= 15 is 0 Å². The van der Waals surface area contributed by atoms with Crippen LogP contribution in [0.25, 0.3) is 0 Å². The molecule has 0 spiro atoms. The molecule has 12 nitrogen and oxygen atoms in total. The van der Waals surface area contributed by atoms with Gasteiger partial charge < -0.3 is 33.6 Å². The molecule has 12 heteroatoms. The first kappa shape index (κ1) is 30.6. The Balaban J connectivity index is 0.00000684. The van der Waals surface area contributed by atoms with Crippen LogP contribution in [0.4, 0.5) is 5.69 Å². The van der Waals surface area contributed by atoms with Crippen molar-refractivity contribution in [2.75, 3.05) is 18.4 Å². The minimum atomic E-state index is -1.05. The minimum Gasteiger partial charge on any atom is -0.370 e. The quantitative estimate of drug-likeness (QED) is 0.0523. The maximum Gasteiger partial charge on any atom is 0.267 e. The number of benzene rings is 2. The van der Waals surface area contributed by atoms with Crippen LogP contribution in [-0.2, 0) is 9.59 Å². The van der Waals surface area contributed by atoms with E-state index < -0.39 is 23.9 Å². The number of hydroxylamine groups is 1. The molecule has 2 rings (SSSR count). The number of amides is 3. The van der Waals surface area contributed by atoms with E-state index in [1.165, 1.54) is 5.48 Å². The van der Waals surface area contributed by atoms with Crippen LogP contribution in [0.5, 0.6) is 0 Å². The second-order valence-corrected chi connectivity index (χ2v) is 7.69. The van der Waals surface area contributed by atoms with Crippen LogP contribution in [0, 0.1) is 11.8 Å². The van der Waals surface area contributed by atoms with Gasteiger partial charge in [0.05, 0.1) is 6.04 Å². The summed E-state index contributed by atoms with van der Waals surface area (Å²) >= 11 is 0. The van der Waals surface area contributed by atoms with Gasteiger partial charge in [-0.15, -0.1) is 0 Å². The highest BCUT2D eigenvalue weighted by Crippen LogP contribution is 2.11. The van der Waals surface area contributed by atoms with E-state index in [1.807, 2.05) is 0 Å². The fourth-order valence-corrected chi connectivity index (χ4v) is 2.92. The average Bonchev–Trinajstić information content (AvgIpc) is 2.88. The highest BCUT2D eigenvalue weighted by Gasteiger charge is 2.19. The van der Waals surface area contributed by atoms with E-state index in [0.29, 0.717) is 36.2 Å². The predicted molar refractivity (Wildman–Crippen MR) is 142 cm³/mol. The molecule has 2 aromatic rings. The first-order chi connectivity index (χ1) is 17.2. The topological polar surface area (TPSA) is 224 Å². The molecule has 198 valence electrons. The Morgan fingerprint density at radius 3 is 2.03 bits per heavy atom. The van der Waals surface area contributed by atoms with Gasteiger partial charge in [-0.05, 0) is 61.4 Å². The van der Waals surface area contributed by atoms with Crippen molar-refractivity contribution in [3.63, 3.8) is 0 Å². The van der Waals surface area contributed by atoms with Gasteiger partial charge in [0.2, 0.25) is 5.91 Å². The molecule has 3 amide bonds. The summed E-state index contributed by atoms with van der Waals surface area (Å²) in [6.07, 6.45) is 1.03. The van der Waals surface area contributed by atoms with Crippen LogP contribution in [-0.4, -0.2) is 54.1 Å². The summed E-state index contributed by atoms with van der Waals surface area (Å²) in [7, 11) is 0. The van der Waals surface area contributed by atoms with Crippen molar-refractivity contribution in [2.24, 2.45) is 27.9 Å². The summed E-state index contributed by atoms with van der Waals surface area (Å²) in [5, 5.41) is 13.9. The lowest BCUT2D eigenvalue weighted by atomic mass is 10.1. The molecule has 0 unspecified atom stereocenters. The normalized spacial score (nSPS) is 11.4. The Bertz CT molecular complexity index is 1130. The van der Waals surface area contributed by atoms with Crippen LogP contribution >= 0.6 is 0 Å². The lowest BCUT2D eigenvalue weighted by Gasteiger charge is -2.14. The van der Waals surface area contributed by atoms with Crippen molar-refractivity contribution in [3.05, 3.63) is 65.2 Å². The largest absolute Gasteiger partial charge is 0.370 e. The number of nitrogens with two attached hydrogens (primary N) is 4. The zero-order valence-corrected chi connectivity index (χ0v) is 19.5. The summed E-state index contributed by atoms with van der Waals surface area (Å²) in [6, 6.07) is 11.7. The van der Waals surface area contributed by atoms with Crippen molar-refractivity contribution in [1.29, 1.82) is 0 Å². The van der Waals surface area contributed by atoms with Gasteiger partial charge in [0.15, 0.2) is 5.96 Å². The zero-order chi connectivity index (χ0) is 26.5. The number of carbonyl (C=O) groups excluding carboxylic acids is 3. The molecule has 2 aromatic carbocycles. The fourth-order valence-electron chi connectivity index (χ4n) is 2.92. The third-order valence-electron chi connectivity index (χ3n) is 4.92. The first-order valence-electron chi connectivity index (χ1n) is 11.0. The van der Waals surface area contributed by atoms with Gasteiger partial charge in [-0.25, -0.2) is 5.48 Å². The smallest absolute Gasteiger partial charge is 0.267 e. The predicted octanol–water partition coefficient (Wildman–Crippen LogP) is -0.396. The molecule has 0 aromatic heterocycles. The van der Waals surface area contributed by atoms with Crippen LogP contribution in [0.2, 0.25) is 0 Å². The van der Waals surface area contributed by atoms with Gasteiger partial charge in [0.25, 0.3) is 11.8 Å². The maximum atomic E-state index is 12.2. The number of nitrogens with one attached hydrogen (secondary N) is 3. The Labute approximate surface area is 215 Å². The Morgan fingerprint density at radius 2 is 1.51 bits per heavy atom. The van der Waals surface area contributed by atoms with Crippen molar-refractivity contribution in [2.45, 2.75) is 32.4 Å². The lowest BCUT2D eigenvalue weighted by Crippen LogP contribution is -2.50. The van der Waals surface area contributed by atoms with Crippen LogP contribution in [0.15, 0.2) is 53.5 Å². The number of aliphatic imine (C=N–C) groups is 1. The van der Waals surface area contributed by atoms with E-state index in [4.69, 9.17) is 28.1 Å². The van der Waals surface area contributed by atoms with E-state index in [-0.39, 0.29) is 25.8 Å². The third kappa shape index (κ3) is 10.4. The van der Waals surface area contributed by atoms with E-state index in [2.05, 4.69) is 27.5 Å². The molecule has 12 N–H and O–H groups in total. The summed E-state index contributed by atoms with van der Waals surface area (Å²) in [5.74, 6) is 4.37. The second-order valence-electron chi connectivity index (χ2n) is 7.69. The molecule has 37 heavy (non-hydrogen) atoms. The third-order valence-corrected chi connectivity index (χ3v) is 4.92. The van der Waals surface area contributed by atoms with Gasteiger partial charge in [-0.2, -0.15) is 0 Å². The molecule has 0 radical (unpaired) electrons. The monoisotopic (exact) mass is 510 g/mol. The van der Waals surface area contributed by atoms with Crippen LogP contribution in [0.1, 0.15) is 41.8 Å². The van der Waals surface area contributed by atoms with Gasteiger partial charge in [-0.1, -0.05) is 19.3 Å². The highest BCUT2D eigenvalue weighted by atomic mass is 16.5. The van der Waals surface area contributed by atoms with Crippen molar-refractivity contribution in [1.82, 2.24) is 10.8 Å². The number of rotatable bonds is 10. The number of hydrogen-bond acceptors (Lipinski definition) is 7. The first-order valence-corrected chi connectivity index (χ1v) is 11.0. The molecular formula is C25H34N8O4. The van der Waals surface area contributed by atoms with Crippen LogP contribution in [0.3, 0.4) is 0 Å². The van der Waals surface area contributed by atoms with Crippen molar-refractivity contribution < 1.29 is 19.6 Å². The summed E-state index contributed by atoms with van der Waals surface area (Å²) in [6.45, 7) is 0.238. The van der Waals surface area contributed by atoms with Gasteiger partial charge in [0, 0.05) is 35.5 Å². The van der Waals surface area contributed by atoms with Gasteiger partial charge in [0.1, 0.15) is 6.04 Å². The van der Waals surface area contributed by atoms with E-state index in [1.54, 1.807) is 48.5 Å². The van der Waals surface area contributed by atoms with Gasteiger partial charge >= 0.3 is 0 Å². The Morgan fingerprint density at radius 1 is 0.946 bits per heavy atom. The van der Waals surface area contributed by atoms with Crippen molar-refractivity contribution in [3.8, 4) is 11.8 Å². The van der Waals surface area contributed by atoms with Crippen molar-refractivity contribution >= 4 is 29.4 Å². The molecule has 0 saturated heterocycles. The summed E-state index contributed by atoms with van der Waals surface area (Å²) in [5.41, 5.74) is 25.6. The molecule has 0 heterocycles. The molecule has 0 aliphatic rings. The summed E-state index contributed by atoms with van der Waals surface area (Å²) < 4.78 is 0. The number of guanidine groups is 1. The molecule has 0 fully saturated rings. The van der Waals surface area contributed by atoms with Crippen LogP contribution < -0.4 is 39.0 Å². The number of nitrogens with zero attached hydrogens (tertiary/aromatic N) is 1. The summed E-state index contributed by atoms with van der Waals surface area (Å²) in [4.78, 5) is 39.8. The SMILES string of the molecule is C.NC[C@H](NC(=O)c1ccc(C#Cc2ccc(NC(=O)[C@@H](N)CCCN=C(N)N)cc2)cc1)C(=O)NO. The molecule has 0 bridgehead atoms. The Hall–Kier alpha value is -4.44. The number of anilines is 1. The van der Waals surface area contributed by atoms with E-state index in [9.17, 15) is 14.4 Å². The highest BCUT2D eigenvalue weighted by molar-refractivity contribution is 5.97. The zero-order valence-electron chi connectivity index (χ0n) is 19.5. The number of hydrogen-bond donors (Lipinski definition) is 8. The molecule has 2 atom stereocenters. The lowest BCUT2D eigenvalue weighted by molar-refractivity contribution is -0.130. The minimum absolute atomic E-state index is 0. The number of carbonyl (C=O) groups is 3. The standard InChI is InChI=1S/C24H30N8O4.CH4/c25-14-20(23(35)32-36)31-21(33)17-9-5-15(6-10-17)3-4-16-7-11-18(12-8-16)30-22(34)19(26)2-1-13-29-24(27)28;/h5-12,19-20,36H,1-2,13-14,25-26H2,(H,30,34)(H,31,33)(H,32,35)(H4,27,28,29);1H4/t19-,20-;/m0./s1. The Kier molecular flexibility index (Phi) is 12.8. The molecule has 0 aliphatic heterocycles. The average molecular weight is 511 g/mol. The molecule has 0 saturated carbocycles. The fraction of sp³-hybridized carbons (Fsp3) is 0.280. The second kappa shape index (κ2) is 15.5. The van der Waals surface area contributed by atoms with E-state index in [0.717, 1.165) is 5.56 Å². The van der Waals surface area contributed by atoms with Gasteiger partial charge in [-0.3, -0.25) is 24.6 Å². The maximum absolute atomic E-state index is 12.2.